The Labute approximate surface area is 148 Å². The van der Waals surface area contributed by atoms with E-state index in [1.165, 1.54) is 6.92 Å². The van der Waals surface area contributed by atoms with Crippen LogP contribution in [0, 0.1) is 0 Å². The van der Waals surface area contributed by atoms with Gasteiger partial charge in [0.1, 0.15) is 11.5 Å². The quantitative estimate of drug-likeness (QED) is 0.551. The average Bonchev–Trinajstić information content (AvgIpc) is 2.61. The van der Waals surface area contributed by atoms with Crippen molar-refractivity contribution in [2.75, 3.05) is 18.5 Å². The highest BCUT2D eigenvalue weighted by atomic mass is 16.5. The Balaban J connectivity index is 1.68. The topological polar surface area (TPSA) is 64.6 Å². The first-order valence-corrected chi connectivity index (χ1v) is 8.35. The lowest BCUT2D eigenvalue weighted by atomic mass is 10.1. The Morgan fingerprint density at radius 2 is 1.52 bits per heavy atom. The number of ketones is 1. The molecular weight excluding hydrogens is 318 g/mol. The maximum absolute atomic E-state index is 11.9. The van der Waals surface area contributed by atoms with E-state index in [4.69, 9.17) is 9.47 Å². The monoisotopic (exact) mass is 341 g/mol. The molecule has 132 valence electrons. The maximum Gasteiger partial charge on any atom is 0.224 e. The summed E-state index contributed by atoms with van der Waals surface area (Å²) in [4.78, 5) is 23.1. The number of carbonyl (C=O) groups is 2. The van der Waals surface area contributed by atoms with Crippen LogP contribution in [0.3, 0.4) is 0 Å². The van der Waals surface area contributed by atoms with E-state index in [0.717, 1.165) is 11.5 Å². The highest BCUT2D eigenvalue weighted by Gasteiger charge is 2.04. The molecule has 0 saturated carbocycles. The van der Waals surface area contributed by atoms with Gasteiger partial charge < -0.3 is 14.8 Å². The second-order valence-corrected chi connectivity index (χ2v) is 5.54. The van der Waals surface area contributed by atoms with Crippen molar-refractivity contribution in [1.82, 2.24) is 0 Å². The predicted octanol–water partition coefficient (Wildman–Crippen LogP) is 4.09. The standard InChI is InChI=1S/C20H23NO4/c1-3-24-18-10-12-19(13-11-18)25-14-4-5-20(23)21-17-8-6-16(7-9-17)15(2)22/h6-13H,3-5,14H2,1-2H3,(H,21,23). The van der Waals surface area contributed by atoms with Crippen molar-refractivity contribution in [3.05, 3.63) is 54.1 Å². The number of hydrogen-bond donors (Lipinski definition) is 1. The first-order valence-electron chi connectivity index (χ1n) is 8.35. The number of carbonyl (C=O) groups excluding carboxylic acids is 2. The van der Waals surface area contributed by atoms with Crippen molar-refractivity contribution >= 4 is 17.4 Å². The molecule has 25 heavy (non-hydrogen) atoms. The smallest absolute Gasteiger partial charge is 0.224 e. The van der Waals surface area contributed by atoms with Gasteiger partial charge in [-0.3, -0.25) is 9.59 Å². The fourth-order valence-corrected chi connectivity index (χ4v) is 2.23. The van der Waals surface area contributed by atoms with Crippen LogP contribution >= 0.6 is 0 Å². The molecule has 0 aliphatic rings. The van der Waals surface area contributed by atoms with Crippen molar-refractivity contribution in [2.24, 2.45) is 0 Å². The number of Topliss-reactive ketones (excluding diaryl/α,β-unsaturated/α-hetero) is 1. The van der Waals surface area contributed by atoms with E-state index in [0.29, 0.717) is 37.3 Å². The largest absolute Gasteiger partial charge is 0.494 e. The summed E-state index contributed by atoms with van der Waals surface area (Å²) in [6, 6.07) is 14.3. The Bertz CT molecular complexity index is 693. The van der Waals surface area contributed by atoms with E-state index in [-0.39, 0.29) is 11.7 Å². The van der Waals surface area contributed by atoms with Crippen molar-refractivity contribution in [3.8, 4) is 11.5 Å². The Kier molecular flexibility index (Phi) is 7.01. The second-order valence-electron chi connectivity index (χ2n) is 5.54. The van der Waals surface area contributed by atoms with Crippen LogP contribution in [-0.4, -0.2) is 24.9 Å². The molecule has 2 rings (SSSR count). The summed E-state index contributed by atoms with van der Waals surface area (Å²) in [5, 5.41) is 2.81. The van der Waals surface area contributed by atoms with E-state index in [1.54, 1.807) is 24.3 Å². The fraction of sp³-hybridized carbons (Fsp3) is 0.300. The van der Waals surface area contributed by atoms with E-state index in [1.807, 2.05) is 31.2 Å². The first-order chi connectivity index (χ1) is 12.1. The third kappa shape index (κ3) is 6.30. The zero-order valence-corrected chi connectivity index (χ0v) is 14.6. The summed E-state index contributed by atoms with van der Waals surface area (Å²) in [7, 11) is 0. The SMILES string of the molecule is CCOc1ccc(OCCCC(=O)Nc2ccc(C(C)=O)cc2)cc1. The number of anilines is 1. The van der Waals surface area contributed by atoms with Crippen molar-refractivity contribution in [1.29, 1.82) is 0 Å². The summed E-state index contributed by atoms with van der Waals surface area (Å²) >= 11 is 0. The second kappa shape index (κ2) is 9.47. The van der Waals surface area contributed by atoms with Crippen molar-refractivity contribution in [2.45, 2.75) is 26.7 Å². The summed E-state index contributed by atoms with van der Waals surface area (Å²) < 4.78 is 11.0. The van der Waals surface area contributed by atoms with Gasteiger partial charge in [0.25, 0.3) is 0 Å². The predicted molar refractivity (Wildman–Crippen MR) is 97.4 cm³/mol. The van der Waals surface area contributed by atoms with Gasteiger partial charge in [-0.1, -0.05) is 0 Å². The van der Waals surface area contributed by atoms with Crippen molar-refractivity contribution in [3.63, 3.8) is 0 Å². The van der Waals surface area contributed by atoms with Gasteiger partial charge in [-0.25, -0.2) is 0 Å². The molecule has 0 fully saturated rings. The molecule has 0 spiro atoms. The maximum atomic E-state index is 11.9. The van der Waals surface area contributed by atoms with E-state index in [2.05, 4.69) is 5.32 Å². The minimum atomic E-state index is -0.0779. The highest BCUT2D eigenvalue weighted by molar-refractivity contribution is 5.95. The van der Waals surface area contributed by atoms with E-state index >= 15 is 0 Å². The molecule has 0 unspecified atom stereocenters. The highest BCUT2D eigenvalue weighted by Crippen LogP contribution is 2.18. The van der Waals surface area contributed by atoms with Crippen LogP contribution < -0.4 is 14.8 Å². The van der Waals surface area contributed by atoms with Gasteiger partial charge in [-0.05, 0) is 68.8 Å². The lowest BCUT2D eigenvalue weighted by molar-refractivity contribution is -0.116. The minimum absolute atomic E-state index is 0.00400. The van der Waals surface area contributed by atoms with Crippen LogP contribution in [0.5, 0.6) is 11.5 Å². The van der Waals surface area contributed by atoms with E-state index < -0.39 is 0 Å². The van der Waals surface area contributed by atoms with Crippen LogP contribution in [0.4, 0.5) is 5.69 Å². The number of nitrogens with one attached hydrogen (secondary N) is 1. The molecule has 5 heteroatoms. The van der Waals surface area contributed by atoms with Gasteiger partial charge in [0.2, 0.25) is 5.91 Å². The van der Waals surface area contributed by atoms with Gasteiger partial charge in [-0.15, -0.1) is 0 Å². The van der Waals surface area contributed by atoms with Gasteiger partial charge in [0, 0.05) is 17.7 Å². The molecule has 0 atom stereocenters. The molecule has 0 saturated heterocycles. The Morgan fingerprint density at radius 3 is 2.08 bits per heavy atom. The number of rotatable bonds is 9. The molecule has 0 heterocycles. The zero-order valence-electron chi connectivity index (χ0n) is 14.6. The molecule has 0 radical (unpaired) electrons. The third-order valence-electron chi connectivity index (χ3n) is 3.53. The molecule has 0 aromatic heterocycles. The molecule has 0 aliphatic heterocycles. The molecule has 2 aromatic rings. The molecule has 2 aromatic carbocycles. The van der Waals surface area contributed by atoms with E-state index in [9.17, 15) is 9.59 Å². The summed E-state index contributed by atoms with van der Waals surface area (Å²) in [5.74, 6) is 1.49. The minimum Gasteiger partial charge on any atom is -0.494 e. The fourth-order valence-electron chi connectivity index (χ4n) is 2.23. The van der Waals surface area contributed by atoms with Gasteiger partial charge in [0.05, 0.1) is 13.2 Å². The molecule has 1 N–H and O–H groups in total. The molecule has 0 bridgehead atoms. The van der Waals surface area contributed by atoms with Crippen LogP contribution in [-0.2, 0) is 4.79 Å². The molecule has 5 nitrogen and oxygen atoms in total. The molecule has 1 amide bonds. The molecule has 0 aliphatic carbocycles. The Morgan fingerprint density at radius 1 is 0.920 bits per heavy atom. The molecular formula is C20H23NO4. The Hall–Kier alpha value is -2.82. The van der Waals surface area contributed by atoms with Crippen LogP contribution in [0.2, 0.25) is 0 Å². The van der Waals surface area contributed by atoms with Crippen molar-refractivity contribution < 1.29 is 19.1 Å². The summed E-state index contributed by atoms with van der Waals surface area (Å²) in [6.07, 6.45) is 0.982. The van der Waals surface area contributed by atoms with Gasteiger partial charge in [0.15, 0.2) is 5.78 Å². The van der Waals surface area contributed by atoms with Gasteiger partial charge in [-0.2, -0.15) is 0 Å². The number of hydrogen-bond acceptors (Lipinski definition) is 4. The number of amides is 1. The summed E-state index contributed by atoms with van der Waals surface area (Å²) in [6.45, 7) is 4.54. The van der Waals surface area contributed by atoms with Crippen LogP contribution in [0.15, 0.2) is 48.5 Å². The normalized spacial score (nSPS) is 10.2. The summed E-state index contributed by atoms with van der Waals surface area (Å²) in [5.41, 5.74) is 1.31. The van der Waals surface area contributed by atoms with Gasteiger partial charge >= 0.3 is 0 Å². The lowest BCUT2D eigenvalue weighted by Gasteiger charge is -2.08. The number of benzene rings is 2. The average molecular weight is 341 g/mol. The zero-order chi connectivity index (χ0) is 18.1. The van der Waals surface area contributed by atoms with Crippen LogP contribution in [0.25, 0.3) is 0 Å². The third-order valence-corrected chi connectivity index (χ3v) is 3.53. The van der Waals surface area contributed by atoms with Crippen LogP contribution in [0.1, 0.15) is 37.0 Å². The number of ether oxygens (including phenoxy) is 2. The first kappa shape index (κ1) is 18.5. The lowest BCUT2D eigenvalue weighted by Crippen LogP contribution is -2.12.